The fraction of sp³-hybridized carbons (Fsp3) is 0.508. The molecule has 0 aliphatic carbocycles. The van der Waals surface area contributed by atoms with Gasteiger partial charge in [-0.1, -0.05) is 153 Å². The van der Waals surface area contributed by atoms with Crippen molar-refractivity contribution in [2.75, 3.05) is 41.7 Å². The lowest BCUT2D eigenvalue weighted by molar-refractivity contribution is -0.285. The van der Waals surface area contributed by atoms with Crippen molar-refractivity contribution >= 4 is 30.0 Å². The summed E-state index contributed by atoms with van der Waals surface area (Å²) < 4.78 is 226. The molecule has 86 heavy (non-hydrogen) atoms. The number of ether oxygens (including phenoxy) is 9. The van der Waals surface area contributed by atoms with E-state index in [1.807, 2.05) is 0 Å². The van der Waals surface area contributed by atoms with E-state index in [9.17, 15) is 50.3 Å². The Hall–Kier alpha value is -6.97. The Balaban J connectivity index is 1.17. The first-order valence-corrected chi connectivity index (χ1v) is 27.1. The molecule has 6 rings (SSSR count). The van der Waals surface area contributed by atoms with Crippen molar-refractivity contribution in [1.29, 1.82) is 0 Å². The molecule has 0 radical (unpaired) electrons. The van der Waals surface area contributed by atoms with Gasteiger partial charge in [-0.3, -0.25) is 4.90 Å². The van der Waals surface area contributed by atoms with Crippen LogP contribution in [0.3, 0.4) is 0 Å². The maximum Gasteiger partial charge on any atom is 0.432 e. The summed E-state index contributed by atoms with van der Waals surface area (Å²) in [4.78, 5) is 69.5. The number of rotatable bonds is 29. The maximum atomic E-state index is 15.2. The van der Waals surface area contributed by atoms with Crippen LogP contribution in [0.5, 0.6) is 0 Å². The Kier molecular flexibility index (Phi) is 22.4. The van der Waals surface area contributed by atoms with Crippen LogP contribution in [0.15, 0.2) is 121 Å². The van der Waals surface area contributed by atoms with E-state index in [1.165, 1.54) is 72.8 Å². The molecule has 0 bridgehead atoms. The molecular formula is C59H63F12NO14. The lowest BCUT2D eigenvalue weighted by atomic mass is 9.91. The average Bonchev–Trinajstić information content (AvgIpc) is 1.46. The molecule has 4 aromatic rings. The van der Waals surface area contributed by atoms with Gasteiger partial charge in [0, 0.05) is 50.7 Å². The number of carbonyl (C=O) groups excluding carboxylic acids is 5. The number of hydrogen-bond donors (Lipinski definition) is 0. The predicted octanol–water partition coefficient (Wildman–Crippen LogP) is 12.2. The van der Waals surface area contributed by atoms with Crippen LogP contribution >= 0.6 is 0 Å². The van der Waals surface area contributed by atoms with Crippen LogP contribution < -0.4 is 0 Å². The first kappa shape index (κ1) is 68.1. The van der Waals surface area contributed by atoms with Crippen molar-refractivity contribution in [3.05, 3.63) is 144 Å². The van der Waals surface area contributed by atoms with Gasteiger partial charge >= 0.3 is 54.7 Å². The third-order valence-electron chi connectivity index (χ3n) is 15.3. The van der Waals surface area contributed by atoms with Crippen molar-refractivity contribution < 1.29 is 119 Å². The minimum atomic E-state index is -5.55. The van der Waals surface area contributed by atoms with Crippen molar-refractivity contribution in [2.24, 2.45) is 0 Å². The topological polar surface area (TPSA) is 172 Å². The highest BCUT2D eigenvalue weighted by atomic mass is 19.4. The van der Waals surface area contributed by atoms with Crippen molar-refractivity contribution in [1.82, 2.24) is 4.90 Å². The van der Waals surface area contributed by atoms with Gasteiger partial charge in [0.25, 0.3) is 22.4 Å². The minimum Gasteiger partial charge on any atom is -0.463 e. The summed E-state index contributed by atoms with van der Waals surface area (Å²) in [7, 11) is 2.50. The van der Waals surface area contributed by atoms with Crippen molar-refractivity contribution in [3.8, 4) is 0 Å². The summed E-state index contributed by atoms with van der Waals surface area (Å²) in [5.74, 6) is -7.82. The average molecular weight is 1240 g/mol. The lowest BCUT2D eigenvalue weighted by Gasteiger charge is -2.36. The number of cyclic esters (lactones) is 1. The summed E-state index contributed by atoms with van der Waals surface area (Å²) in [6.07, 6.45) is -27.3. The highest BCUT2D eigenvalue weighted by molar-refractivity contribution is 5.85. The first-order valence-electron chi connectivity index (χ1n) is 27.1. The number of alkyl halides is 12. The number of carbonyl (C=O) groups is 5. The Morgan fingerprint density at radius 3 is 1.19 bits per heavy atom. The van der Waals surface area contributed by atoms with Crippen LogP contribution in [0.4, 0.5) is 57.5 Å². The molecule has 0 unspecified atom stereocenters. The quantitative estimate of drug-likeness (QED) is 0.0218. The number of nitrogens with zero attached hydrogens (tertiary/aromatic N) is 1. The van der Waals surface area contributed by atoms with E-state index in [4.69, 9.17) is 42.6 Å². The van der Waals surface area contributed by atoms with Gasteiger partial charge in [-0.2, -0.15) is 52.7 Å². The van der Waals surface area contributed by atoms with Crippen LogP contribution in [0.1, 0.15) is 92.9 Å². The molecule has 27 heteroatoms. The third kappa shape index (κ3) is 13.6. The molecular weight excluding hydrogens is 1170 g/mol. The van der Waals surface area contributed by atoms with Crippen molar-refractivity contribution in [2.45, 2.75) is 148 Å². The number of fused-ring (bicyclic) bond motifs is 1. The highest BCUT2D eigenvalue weighted by Crippen LogP contribution is 2.49. The summed E-state index contributed by atoms with van der Waals surface area (Å²) >= 11 is 0. The first-order chi connectivity index (χ1) is 40.6. The van der Waals surface area contributed by atoms with Crippen LogP contribution in [0.2, 0.25) is 0 Å². The molecule has 1 amide bonds. The molecule has 0 spiro atoms. The maximum absolute atomic E-state index is 15.2. The summed E-state index contributed by atoms with van der Waals surface area (Å²) in [6, 6.07) is 20.0. The van der Waals surface area contributed by atoms with Gasteiger partial charge in [0.15, 0.2) is 12.2 Å². The lowest BCUT2D eigenvalue weighted by Crippen LogP contribution is -2.56. The van der Waals surface area contributed by atoms with E-state index in [0.29, 0.717) is 47.7 Å². The summed E-state index contributed by atoms with van der Waals surface area (Å²) in [5, 5.41) is 0. The predicted molar refractivity (Wildman–Crippen MR) is 277 cm³/mol. The van der Waals surface area contributed by atoms with Gasteiger partial charge < -0.3 is 42.6 Å². The van der Waals surface area contributed by atoms with E-state index in [2.05, 4.69) is 0 Å². The zero-order chi connectivity index (χ0) is 63.4. The van der Waals surface area contributed by atoms with Gasteiger partial charge in [0.2, 0.25) is 0 Å². The molecule has 2 aliphatic heterocycles. The molecule has 0 N–H and O–H groups in total. The largest absolute Gasteiger partial charge is 0.463 e. The molecule has 2 saturated heterocycles. The number of hydrogen-bond acceptors (Lipinski definition) is 14. The standard InChI is InChI=1S/C59H63F12NO14/c1-78-52(56(60,61)62,38-25-13-9-14-26-38)47(73)82-36-24-23-34-42(84-48(74)53(79-2,57(63,64)65)39-27-15-10-16-28-39)33-21-7-5-6-8-22-35-43-45(85-49(75)54(80-3,58(66,67)68)40-29-17-11-18-30-40)46(44-37-83-51(77)72(43)44)86-50(76)55(81-4,59(69,70)71)41-31-19-12-20-32-41/h9-20,25-32,42-46H,5-8,21-24,33-37H2,1-4H3/t42-,43-,44-,45-,46-,52+,53+,54+,55+/m1/s1. The van der Waals surface area contributed by atoms with Gasteiger partial charge in [-0.25, -0.2) is 24.0 Å². The second kappa shape index (κ2) is 28.2. The Morgan fingerprint density at radius 1 is 0.465 bits per heavy atom. The number of methoxy groups -OCH3 is 4. The van der Waals surface area contributed by atoms with Gasteiger partial charge in [0.05, 0.1) is 12.6 Å². The second-order valence-corrected chi connectivity index (χ2v) is 20.2. The van der Waals surface area contributed by atoms with Crippen LogP contribution in [-0.4, -0.2) is 132 Å². The Morgan fingerprint density at radius 2 is 0.802 bits per heavy atom. The van der Waals surface area contributed by atoms with Gasteiger partial charge in [0.1, 0.15) is 18.8 Å². The summed E-state index contributed by atoms with van der Waals surface area (Å²) in [6.45, 7) is -1.27. The summed E-state index contributed by atoms with van der Waals surface area (Å²) in [5.41, 5.74) is -17.4. The number of halogens is 12. The third-order valence-corrected chi connectivity index (χ3v) is 15.3. The smallest absolute Gasteiger partial charge is 0.432 e. The normalized spacial score (nSPS) is 20.5. The van der Waals surface area contributed by atoms with E-state index >= 15 is 26.3 Å². The highest BCUT2D eigenvalue weighted by Gasteiger charge is 2.70. The fourth-order valence-electron chi connectivity index (χ4n) is 10.9. The Labute approximate surface area is 486 Å². The molecule has 0 saturated carbocycles. The zero-order valence-corrected chi connectivity index (χ0v) is 46.8. The number of unbranched alkanes of at least 4 members (excludes halogenated alkanes) is 6. The molecule has 2 heterocycles. The van der Waals surface area contributed by atoms with Crippen LogP contribution in [0, 0.1) is 0 Å². The number of esters is 4. The zero-order valence-electron chi connectivity index (χ0n) is 46.8. The molecule has 15 nitrogen and oxygen atoms in total. The molecule has 2 fully saturated rings. The molecule has 0 aromatic heterocycles. The number of benzene rings is 4. The fourth-order valence-corrected chi connectivity index (χ4v) is 10.9. The molecule has 9 atom stereocenters. The molecule has 472 valence electrons. The minimum absolute atomic E-state index is 0.0413. The monoisotopic (exact) mass is 1240 g/mol. The number of amides is 1. The molecule has 4 aromatic carbocycles. The van der Waals surface area contributed by atoms with E-state index in [-0.39, 0.29) is 51.4 Å². The molecule has 2 aliphatic rings. The van der Waals surface area contributed by atoms with Crippen LogP contribution in [0.25, 0.3) is 0 Å². The van der Waals surface area contributed by atoms with E-state index in [0.717, 1.165) is 53.4 Å². The van der Waals surface area contributed by atoms with Crippen molar-refractivity contribution in [3.63, 3.8) is 0 Å². The SMILES string of the molecule is CO[C@](C(=O)OCCCC[C@@H](CCCCCCCC[C@@H]1[C@@H](OC(=O)[C@@](OC)(c2ccccc2)C(F)(F)F)[C@H](OC(=O)[C@@](OC)(c2ccccc2)C(F)(F)F)[C@H]2COC(=O)N12)OC(=O)[C@@](OC)(c1ccccc1)C(F)(F)F)(c1ccccc1)C(F)(F)F. The second-order valence-electron chi connectivity index (χ2n) is 20.2. The van der Waals surface area contributed by atoms with Crippen LogP contribution in [-0.2, 0) is 84.2 Å². The van der Waals surface area contributed by atoms with Gasteiger partial charge in [-0.15, -0.1) is 0 Å². The van der Waals surface area contributed by atoms with E-state index < -0.39 is 143 Å². The van der Waals surface area contributed by atoms with Gasteiger partial charge in [-0.05, 0) is 38.5 Å². The van der Waals surface area contributed by atoms with E-state index in [1.54, 1.807) is 0 Å². The Bertz CT molecular complexity index is 2870.